The molecule has 1 heterocycles. The van der Waals surface area contributed by atoms with Gasteiger partial charge in [-0.25, -0.2) is 8.78 Å². The first-order valence-corrected chi connectivity index (χ1v) is 9.20. The smallest absolute Gasteiger partial charge is 0.240 e. The Bertz CT molecular complexity index is 961. The Labute approximate surface area is 164 Å². The summed E-state index contributed by atoms with van der Waals surface area (Å²) >= 11 is 1.07. The number of carbonyl (C=O) groups excluding carboxylic acids is 2. The first kappa shape index (κ1) is 19.7. The van der Waals surface area contributed by atoms with Gasteiger partial charge in [-0.05, 0) is 36.8 Å². The maximum atomic E-state index is 13.6. The third-order valence-corrected chi connectivity index (χ3v) is 4.92. The zero-order chi connectivity index (χ0) is 20.1. The molecule has 0 spiro atoms. The number of hydrogen-bond acceptors (Lipinski definition) is 5. The molecular weight excluding hydrogens is 386 g/mol. The van der Waals surface area contributed by atoms with Crippen molar-refractivity contribution in [3.05, 3.63) is 65.7 Å². The minimum Gasteiger partial charge on any atom is -0.324 e. The summed E-state index contributed by atoms with van der Waals surface area (Å²) in [6.07, 6.45) is -0.134. The molecule has 1 aliphatic rings. The number of para-hydroxylation sites is 1. The Morgan fingerprint density at radius 3 is 2.61 bits per heavy atom. The number of nitrogens with zero attached hydrogens (tertiary/aromatic N) is 2. The van der Waals surface area contributed by atoms with E-state index in [1.165, 1.54) is 30.3 Å². The molecule has 1 atom stereocenters. The van der Waals surface area contributed by atoms with Crippen molar-refractivity contribution in [1.29, 1.82) is 0 Å². The summed E-state index contributed by atoms with van der Waals surface area (Å²) < 4.78 is 26.5. The zero-order valence-electron chi connectivity index (χ0n) is 14.8. The van der Waals surface area contributed by atoms with Crippen LogP contribution in [-0.2, 0) is 9.59 Å². The summed E-state index contributed by atoms with van der Waals surface area (Å²) in [5, 5.41) is 12.6. The van der Waals surface area contributed by atoms with E-state index in [1.807, 2.05) is 0 Å². The summed E-state index contributed by atoms with van der Waals surface area (Å²) in [6.45, 7) is 1.71. The Morgan fingerprint density at radius 2 is 1.89 bits per heavy atom. The number of halogens is 2. The third-order valence-electron chi connectivity index (χ3n) is 3.85. The highest BCUT2D eigenvalue weighted by Gasteiger charge is 2.32. The van der Waals surface area contributed by atoms with Crippen LogP contribution in [0.25, 0.3) is 0 Å². The van der Waals surface area contributed by atoms with Crippen LogP contribution in [0, 0.1) is 11.6 Å². The average molecular weight is 402 g/mol. The first-order valence-electron chi connectivity index (χ1n) is 8.32. The molecule has 0 radical (unpaired) electrons. The third kappa shape index (κ3) is 5.01. The predicted molar refractivity (Wildman–Crippen MR) is 105 cm³/mol. The molecule has 0 aromatic heterocycles. The number of carbonyl (C=O) groups is 2. The van der Waals surface area contributed by atoms with Gasteiger partial charge in [-0.15, -0.1) is 5.10 Å². The van der Waals surface area contributed by atoms with Crippen molar-refractivity contribution >= 4 is 40.1 Å². The number of amides is 2. The van der Waals surface area contributed by atoms with E-state index >= 15 is 0 Å². The van der Waals surface area contributed by atoms with E-state index in [0.29, 0.717) is 11.3 Å². The van der Waals surface area contributed by atoms with E-state index in [9.17, 15) is 18.4 Å². The molecule has 0 aliphatic carbocycles. The molecule has 1 aliphatic heterocycles. The van der Waals surface area contributed by atoms with Crippen molar-refractivity contribution in [1.82, 2.24) is 5.32 Å². The van der Waals surface area contributed by atoms with Crippen LogP contribution in [0.4, 0.5) is 14.5 Å². The lowest BCUT2D eigenvalue weighted by atomic mass is 10.1. The van der Waals surface area contributed by atoms with Gasteiger partial charge in [0, 0.05) is 6.42 Å². The van der Waals surface area contributed by atoms with Crippen LogP contribution < -0.4 is 10.6 Å². The number of anilines is 1. The number of benzene rings is 2. The first-order chi connectivity index (χ1) is 13.4. The highest BCUT2D eigenvalue weighted by atomic mass is 32.2. The molecule has 2 aromatic rings. The van der Waals surface area contributed by atoms with Gasteiger partial charge in [0.15, 0.2) is 5.17 Å². The van der Waals surface area contributed by atoms with E-state index in [2.05, 4.69) is 20.8 Å². The van der Waals surface area contributed by atoms with Crippen LogP contribution in [0.15, 0.2) is 58.7 Å². The number of nitrogens with one attached hydrogen (secondary N) is 2. The van der Waals surface area contributed by atoms with Gasteiger partial charge in [-0.2, -0.15) is 5.10 Å². The molecule has 28 heavy (non-hydrogen) atoms. The number of thioether (sulfide) groups is 1. The molecule has 0 saturated carbocycles. The standard InChI is InChI=1S/C19H16F2N4O2S/c1-11(12-6-8-13(20)9-7-12)24-25-19-23-18(27)16(28-19)10-17(26)22-15-5-3-2-4-14(15)21/h2-9,16H,10H2,1H3,(H,22,26)(H,23,25,27)/b24-11-/t16-/m1/s1. The summed E-state index contributed by atoms with van der Waals surface area (Å²) in [4.78, 5) is 24.1. The average Bonchev–Trinajstić information content (AvgIpc) is 3.01. The van der Waals surface area contributed by atoms with Crippen molar-refractivity contribution in [2.75, 3.05) is 5.32 Å². The fourth-order valence-corrected chi connectivity index (χ4v) is 3.31. The molecule has 0 unspecified atom stereocenters. The van der Waals surface area contributed by atoms with Crippen LogP contribution in [0.1, 0.15) is 18.9 Å². The summed E-state index contributed by atoms with van der Waals surface area (Å²) in [5.74, 6) is -1.75. The van der Waals surface area contributed by atoms with E-state index in [1.54, 1.807) is 25.1 Å². The largest absolute Gasteiger partial charge is 0.324 e. The molecule has 6 nitrogen and oxygen atoms in total. The van der Waals surface area contributed by atoms with Crippen molar-refractivity contribution in [2.45, 2.75) is 18.6 Å². The van der Waals surface area contributed by atoms with Gasteiger partial charge >= 0.3 is 0 Å². The monoisotopic (exact) mass is 402 g/mol. The molecule has 0 bridgehead atoms. The molecule has 1 saturated heterocycles. The van der Waals surface area contributed by atoms with Crippen LogP contribution in [0.5, 0.6) is 0 Å². The summed E-state index contributed by atoms with van der Waals surface area (Å²) in [5.41, 5.74) is 1.30. The van der Waals surface area contributed by atoms with Crippen LogP contribution in [0.2, 0.25) is 0 Å². The Balaban J connectivity index is 1.60. The lowest BCUT2D eigenvalue weighted by Gasteiger charge is -2.07. The van der Waals surface area contributed by atoms with E-state index in [0.717, 1.165) is 11.8 Å². The molecule has 9 heteroatoms. The highest BCUT2D eigenvalue weighted by molar-refractivity contribution is 8.15. The molecule has 3 rings (SSSR count). The van der Waals surface area contributed by atoms with Gasteiger partial charge in [-0.1, -0.05) is 36.0 Å². The summed E-state index contributed by atoms with van der Waals surface area (Å²) in [7, 11) is 0. The molecule has 2 N–H and O–H groups in total. The lowest BCUT2D eigenvalue weighted by molar-refractivity contribution is -0.122. The molecule has 2 aromatic carbocycles. The molecule has 2 amide bonds. The SMILES string of the molecule is C/C(=N/N=C1\NC(=O)[C@@H](CC(=O)Nc2ccccc2F)S1)c1ccc(F)cc1. The van der Waals surface area contributed by atoms with Crippen LogP contribution in [-0.4, -0.2) is 27.9 Å². The van der Waals surface area contributed by atoms with Crippen LogP contribution in [0.3, 0.4) is 0 Å². The topological polar surface area (TPSA) is 82.9 Å². The van der Waals surface area contributed by atoms with E-state index < -0.39 is 17.0 Å². The van der Waals surface area contributed by atoms with Gasteiger partial charge in [0.1, 0.15) is 16.9 Å². The Morgan fingerprint density at radius 1 is 1.18 bits per heavy atom. The Kier molecular flexibility index (Phi) is 6.15. The molecule has 144 valence electrons. The molecular formula is C19H16F2N4O2S. The van der Waals surface area contributed by atoms with Crippen molar-refractivity contribution < 1.29 is 18.4 Å². The Hall–Kier alpha value is -3.07. The fourth-order valence-electron chi connectivity index (χ4n) is 2.39. The maximum absolute atomic E-state index is 13.6. The highest BCUT2D eigenvalue weighted by Crippen LogP contribution is 2.23. The number of amidine groups is 1. The van der Waals surface area contributed by atoms with Gasteiger partial charge in [0.25, 0.3) is 0 Å². The second kappa shape index (κ2) is 8.75. The van der Waals surface area contributed by atoms with Gasteiger partial charge in [-0.3, -0.25) is 9.59 Å². The van der Waals surface area contributed by atoms with E-state index in [-0.39, 0.29) is 29.0 Å². The number of hydrogen-bond donors (Lipinski definition) is 2. The van der Waals surface area contributed by atoms with Gasteiger partial charge < -0.3 is 10.6 Å². The second-order valence-corrected chi connectivity index (χ2v) is 7.12. The minimum absolute atomic E-state index is 0.0596. The minimum atomic E-state index is -0.688. The van der Waals surface area contributed by atoms with Gasteiger partial charge in [0.2, 0.25) is 11.8 Å². The van der Waals surface area contributed by atoms with Crippen molar-refractivity contribution in [3.63, 3.8) is 0 Å². The zero-order valence-corrected chi connectivity index (χ0v) is 15.6. The fraction of sp³-hybridized carbons (Fsp3) is 0.158. The second-order valence-electron chi connectivity index (χ2n) is 5.93. The summed E-state index contributed by atoms with van der Waals surface area (Å²) in [6, 6.07) is 11.6. The molecule has 1 fully saturated rings. The predicted octanol–water partition coefficient (Wildman–Crippen LogP) is 3.31. The quantitative estimate of drug-likeness (QED) is 0.595. The normalized spacial score (nSPS) is 18.2. The van der Waals surface area contributed by atoms with E-state index in [4.69, 9.17) is 0 Å². The van der Waals surface area contributed by atoms with Crippen molar-refractivity contribution in [2.24, 2.45) is 10.2 Å². The van der Waals surface area contributed by atoms with Crippen LogP contribution >= 0.6 is 11.8 Å². The van der Waals surface area contributed by atoms with Crippen molar-refractivity contribution in [3.8, 4) is 0 Å². The van der Waals surface area contributed by atoms with Gasteiger partial charge in [0.05, 0.1) is 11.4 Å². The maximum Gasteiger partial charge on any atom is 0.240 e. The number of rotatable bonds is 5. The lowest BCUT2D eigenvalue weighted by Crippen LogP contribution is -2.28.